The van der Waals surface area contributed by atoms with Crippen LogP contribution in [0.15, 0.2) is 24.3 Å². The van der Waals surface area contributed by atoms with Gasteiger partial charge < -0.3 is 40.1 Å². The van der Waals surface area contributed by atoms with E-state index in [1.807, 2.05) is 45.2 Å². The maximum atomic E-state index is 11.9. The van der Waals surface area contributed by atoms with Crippen LogP contribution in [0.5, 0.6) is 17.2 Å². The van der Waals surface area contributed by atoms with E-state index in [4.69, 9.17) is 9.47 Å². The molecule has 0 radical (unpaired) electrons. The highest BCUT2D eigenvalue weighted by molar-refractivity contribution is 14.1. The summed E-state index contributed by atoms with van der Waals surface area (Å²) >= 11 is 8.23. The van der Waals surface area contributed by atoms with Crippen molar-refractivity contribution in [3.8, 4) is 17.2 Å². The van der Waals surface area contributed by atoms with Crippen LogP contribution < -0.4 is 10.1 Å². The van der Waals surface area contributed by atoms with Gasteiger partial charge in [-0.25, -0.2) is 0 Å². The topological polar surface area (TPSA) is 169 Å². The third kappa shape index (κ3) is 7.19. The van der Waals surface area contributed by atoms with E-state index in [0.29, 0.717) is 24.2 Å². The van der Waals surface area contributed by atoms with Gasteiger partial charge in [0.25, 0.3) is 0 Å². The fraction of sp³-hybridized carbons (Fsp3) is 0.381. The predicted molar refractivity (Wildman–Crippen MR) is 158 cm³/mol. The molecule has 192 valence electrons. The molecule has 2 aromatic rings. The van der Waals surface area contributed by atoms with E-state index in [1.165, 1.54) is 0 Å². The molecule has 5 atom stereocenters. The standard InChI is InChI=1S/C21H21I4NO9/c22-10-4-9(5-11(23)16(10)28)35-18-12(24)1-8(2-13(18)25)3-14(20(31)32)26-7-21(33)19(30)17(29)15(27)6-34-21/h1-2,4-5,14-15,17,19,26-30,33H,3,6-7H2,(H,31,32)/t14-,15+,17-,19+,21?/m0/s1. The number of phenolic OH excluding ortho intramolecular Hbond substituents is 1. The second-order valence-corrected chi connectivity index (χ2v) is 12.5. The monoisotopic (exact) mass is 939 g/mol. The number of rotatable bonds is 8. The number of hydrogen-bond donors (Lipinski definition) is 7. The zero-order valence-electron chi connectivity index (χ0n) is 17.7. The minimum absolute atomic E-state index is 0.0496. The van der Waals surface area contributed by atoms with E-state index in [0.717, 1.165) is 7.14 Å². The third-order valence-electron chi connectivity index (χ3n) is 5.29. The number of phenols is 1. The van der Waals surface area contributed by atoms with Crippen molar-refractivity contribution in [2.24, 2.45) is 0 Å². The lowest BCUT2D eigenvalue weighted by Crippen LogP contribution is -2.65. The largest absolute Gasteiger partial charge is 0.506 e. The van der Waals surface area contributed by atoms with E-state index >= 15 is 0 Å². The molecule has 0 amide bonds. The third-order valence-corrected chi connectivity index (χ3v) is 8.54. The molecule has 1 fully saturated rings. The molecule has 0 saturated carbocycles. The van der Waals surface area contributed by atoms with Crippen molar-refractivity contribution >= 4 is 96.3 Å². The number of halogens is 4. The number of carbonyl (C=O) groups is 1. The molecule has 35 heavy (non-hydrogen) atoms. The highest BCUT2D eigenvalue weighted by Gasteiger charge is 2.48. The lowest BCUT2D eigenvalue weighted by molar-refractivity contribution is -0.318. The Balaban J connectivity index is 1.74. The van der Waals surface area contributed by atoms with Gasteiger partial charge in [-0.15, -0.1) is 0 Å². The predicted octanol–water partition coefficient (Wildman–Crippen LogP) is 1.99. The maximum absolute atomic E-state index is 11.9. The van der Waals surface area contributed by atoms with Crippen molar-refractivity contribution in [2.75, 3.05) is 13.2 Å². The molecule has 2 aromatic carbocycles. The Labute approximate surface area is 255 Å². The van der Waals surface area contributed by atoms with Crippen molar-refractivity contribution in [3.63, 3.8) is 0 Å². The number of nitrogens with one attached hydrogen (secondary N) is 1. The van der Waals surface area contributed by atoms with Crippen molar-refractivity contribution in [3.05, 3.63) is 44.1 Å². The molecule has 0 aromatic heterocycles. The SMILES string of the molecule is O=C(O)[C@H](Cc1cc(I)c(Oc2cc(I)c(O)c(I)c2)c(I)c1)NCC1(O)OC[C@@H](O)[C@H](O)[C@H]1O. The summed E-state index contributed by atoms with van der Waals surface area (Å²) in [5, 5.41) is 62.3. The highest BCUT2D eigenvalue weighted by atomic mass is 127. The van der Waals surface area contributed by atoms with E-state index in [-0.39, 0.29) is 12.2 Å². The fourth-order valence-electron chi connectivity index (χ4n) is 3.35. The molecule has 1 heterocycles. The summed E-state index contributed by atoms with van der Waals surface area (Å²) in [6.45, 7) is -0.895. The molecule has 1 saturated heterocycles. The summed E-state index contributed by atoms with van der Waals surface area (Å²) < 4.78 is 13.9. The van der Waals surface area contributed by atoms with Gasteiger partial charge in [0.05, 0.1) is 27.4 Å². The van der Waals surface area contributed by atoms with Gasteiger partial charge in [-0.3, -0.25) is 10.1 Å². The van der Waals surface area contributed by atoms with Crippen LogP contribution in [0.2, 0.25) is 0 Å². The smallest absolute Gasteiger partial charge is 0.321 e. The van der Waals surface area contributed by atoms with Crippen molar-refractivity contribution in [1.29, 1.82) is 0 Å². The molecular weight excluding hydrogens is 918 g/mol. The molecule has 7 N–H and O–H groups in total. The Kier molecular flexibility index (Phi) is 10.5. The second-order valence-electron chi connectivity index (χ2n) is 7.86. The molecule has 0 bridgehead atoms. The van der Waals surface area contributed by atoms with Gasteiger partial charge in [-0.05, 0) is 127 Å². The number of benzene rings is 2. The summed E-state index contributed by atoms with van der Waals surface area (Å²) in [5.41, 5.74) is 0.688. The lowest BCUT2D eigenvalue weighted by Gasteiger charge is -2.42. The van der Waals surface area contributed by atoms with Crippen LogP contribution in [0.4, 0.5) is 0 Å². The van der Waals surface area contributed by atoms with Gasteiger partial charge in [-0.2, -0.15) is 0 Å². The minimum atomic E-state index is -2.26. The zero-order valence-corrected chi connectivity index (χ0v) is 26.3. The van der Waals surface area contributed by atoms with Gasteiger partial charge in [0.15, 0.2) is 5.75 Å². The van der Waals surface area contributed by atoms with E-state index < -0.39 is 49.3 Å². The molecule has 1 aliphatic heterocycles. The van der Waals surface area contributed by atoms with Crippen LogP contribution in [0, 0.1) is 14.3 Å². The van der Waals surface area contributed by atoms with Gasteiger partial charge >= 0.3 is 5.97 Å². The summed E-state index contributed by atoms with van der Waals surface area (Å²) in [7, 11) is 0. The Hall–Kier alpha value is 0.190. The Morgan fingerprint density at radius 1 is 1.09 bits per heavy atom. The zero-order chi connectivity index (χ0) is 26.1. The number of hydrogen-bond acceptors (Lipinski definition) is 9. The molecule has 14 heteroatoms. The number of ether oxygens (including phenoxy) is 2. The average Bonchev–Trinajstić information content (AvgIpc) is 2.78. The molecule has 0 spiro atoms. The summed E-state index contributed by atoms with van der Waals surface area (Å²) in [4.78, 5) is 11.9. The van der Waals surface area contributed by atoms with Crippen LogP contribution in [-0.2, 0) is 16.0 Å². The van der Waals surface area contributed by atoms with E-state index in [2.05, 4.69) is 50.5 Å². The summed E-state index contributed by atoms with van der Waals surface area (Å²) in [6.07, 6.45) is -4.76. The highest BCUT2D eigenvalue weighted by Crippen LogP contribution is 2.37. The normalized spacial score (nSPS) is 25.3. The molecule has 1 aliphatic rings. The Morgan fingerprint density at radius 3 is 2.20 bits per heavy atom. The number of aliphatic carboxylic acids is 1. The molecule has 0 aliphatic carbocycles. The number of aliphatic hydroxyl groups excluding tert-OH is 3. The first-order chi connectivity index (χ1) is 16.3. The Morgan fingerprint density at radius 2 is 1.66 bits per heavy atom. The van der Waals surface area contributed by atoms with Gasteiger partial charge in [0.2, 0.25) is 5.79 Å². The molecule has 1 unspecified atom stereocenters. The van der Waals surface area contributed by atoms with Gasteiger partial charge in [-0.1, -0.05) is 0 Å². The van der Waals surface area contributed by atoms with Crippen LogP contribution in [-0.4, -0.2) is 79.9 Å². The molecule has 3 rings (SSSR count). The van der Waals surface area contributed by atoms with E-state index in [9.17, 15) is 35.4 Å². The van der Waals surface area contributed by atoms with Gasteiger partial charge in [0, 0.05) is 0 Å². The summed E-state index contributed by atoms with van der Waals surface area (Å²) in [5.74, 6) is -2.11. The van der Waals surface area contributed by atoms with Crippen LogP contribution in [0.25, 0.3) is 0 Å². The van der Waals surface area contributed by atoms with Crippen molar-refractivity contribution < 1.29 is 44.9 Å². The first-order valence-corrected chi connectivity index (χ1v) is 14.3. The summed E-state index contributed by atoms with van der Waals surface area (Å²) in [6, 6.07) is 5.85. The molecular formula is C21H21I4NO9. The van der Waals surface area contributed by atoms with Crippen LogP contribution >= 0.6 is 90.4 Å². The first kappa shape index (κ1) is 29.7. The van der Waals surface area contributed by atoms with E-state index in [1.54, 1.807) is 24.3 Å². The minimum Gasteiger partial charge on any atom is -0.506 e. The number of carboxylic acids is 1. The average molecular weight is 939 g/mol. The number of aliphatic hydroxyl groups is 4. The maximum Gasteiger partial charge on any atom is 0.321 e. The van der Waals surface area contributed by atoms with Gasteiger partial charge in [0.1, 0.15) is 35.9 Å². The second kappa shape index (κ2) is 12.4. The number of carboxylic acid groups (broad SMARTS) is 1. The van der Waals surface area contributed by atoms with Crippen LogP contribution in [0.1, 0.15) is 5.56 Å². The quantitative estimate of drug-likeness (QED) is 0.195. The fourth-order valence-corrected chi connectivity index (χ4v) is 7.17. The lowest BCUT2D eigenvalue weighted by atomic mass is 9.96. The van der Waals surface area contributed by atoms with Crippen molar-refractivity contribution in [1.82, 2.24) is 5.32 Å². The number of aromatic hydroxyl groups is 1. The van der Waals surface area contributed by atoms with Crippen LogP contribution in [0.3, 0.4) is 0 Å². The Bertz CT molecular complexity index is 1060. The molecule has 10 nitrogen and oxygen atoms in total. The first-order valence-electron chi connectivity index (χ1n) is 10.0. The van der Waals surface area contributed by atoms with Crippen molar-refractivity contribution in [2.45, 2.75) is 36.6 Å².